The number of ether oxygens (including phenoxy) is 1. The van der Waals surface area contributed by atoms with Crippen LogP contribution in [-0.4, -0.2) is 140 Å². The Morgan fingerprint density at radius 2 is 1.73 bits per heavy atom. The SMILES string of the molecule is C[C@H]1CN(c2ccc(C#N)c3ncccc23)C[C@@H](CN2CCN(c3ccnc(N4CCN(C(=O)CN(C)C)CC4)n3)CC2)O1. The smallest absolute Gasteiger partial charge is 0.236 e. The molecule has 3 saturated heterocycles. The van der Waals surface area contributed by atoms with E-state index < -0.39 is 0 Å². The molecule has 0 aliphatic carbocycles. The Morgan fingerprint density at radius 1 is 0.955 bits per heavy atom. The summed E-state index contributed by atoms with van der Waals surface area (Å²) in [6.07, 6.45) is 3.78. The lowest BCUT2D eigenvalue weighted by Gasteiger charge is -2.42. The van der Waals surface area contributed by atoms with E-state index in [4.69, 9.17) is 9.72 Å². The molecule has 0 radical (unpaired) electrons. The van der Waals surface area contributed by atoms with E-state index in [0.717, 1.165) is 87.3 Å². The number of aromatic nitrogens is 3. The fraction of sp³-hybridized carbons (Fsp3) is 0.531. The Bertz CT molecular complexity index is 1490. The predicted octanol–water partition coefficient (Wildman–Crippen LogP) is 1.52. The van der Waals surface area contributed by atoms with Crippen molar-refractivity contribution in [3.63, 3.8) is 0 Å². The van der Waals surface area contributed by atoms with Crippen molar-refractivity contribution in [1.82, 2.24) is 29.7 Å². The minimum Gasteiger partial charge on any atom is -0.370 e. The van der Waals surface area contributed by atoms with Crippen molar-refractivity contribution in [3.8, 4) is 6.07 Å². The number of nitrogens with zero attached hydrogens (tertiary/aromatic N) is 10. The van der Waals surface area contributed by atoms with Crippen molar-refractivity contribution in [3.05, 3.63) is 48.3 Å². The van der Waals surface area contributed by atoms with E-state index in [-0.39, 0.29) is 18.1 Å². The molecule has 2 aromatic heterocycles. The van der Waals surface area contributed by atoms with Crippen LogP contribution in [0.25, 0.3) is 10.9 Å². The van der Waals surface area contributed by atoms with E-state index >= 15 is 0 Å². The van der Waals surface area contributed by atoms with Crippen LogP contribution in [0, 0.1) is 11.3 Å². The first kappa shape index (κ1) is 30.0. The van der Waals surface area contributed by atoms with Crippen LogP contribution in [0.15, 0.2) is 42.7 Å². The topological polar surface area (TPSA) is 108 Å². The van der Waals surface area contributed by atoms with E-state index in [1.165, 1.54) is 0 Å². The van der Waals surface area contributed by atoms with Gasteiger partial charge in [-0.25, -0.2) is 4.98 Å². The highest BCUT2D eigenvalue weighted by Crippen LogP contribution is 2.30. The number of rotatable bonds is 7. The van der Waals surface area contributed by atoms with Crippen molar-refractivity contribution in [2.75, 3.05) is 107 Å². The van der Waals surface area contributed by atoms with Crippen molar-refractivity contribution in [1.29, 1.82) is 5.26 Å². The Balaban J connectivity index is 1.03. The number of likely N-dealkylation sites (N-methyl/N-ethyl adjacent to an activating group) is 1. The van der Waals surface area contributed by atoms with Gasteiger partial charge in [0.1, 0.15) is 11.9 Å². The fourth-order valence-electron chi connectivity index (χ4n) is 6.51. The zero-order valence-electron chi connectivity index (χ0n) is 26.0. The number of hydrogen-bond acceptors (Lipinski definition) is 11. The van der Waals surface area contributed by atoms with Crippen LogP contribution in [0.3, 0.4) is 0 Å². The van der Waals surface area contributed by atoms with Gasteiger partial charge in [0, 0.05) is 95.5 Å². The summed E-state index contributed by atoms with van der Waals surface area (Å²) < 4.78 is 6.42. The van der Waals surface area contributed by atoms with E-state index in [0.29, 0.717) is 25.2 Å². The van der Waals surface area contributed by atoms with Gasteiger partial charge in [-0.2, -0.15) is 10.2 Å². The van der Waals surface area contributed by atoms with Gasteiger partial charge in [0.2, 0.25) is 11.9 Å². The summed E-state index contributed by atoms with van der Waals surface area (Å²) >= 11 is 0. The van der Waals surface area contributed by atoms with Gasteiger partial charge in [-0.1, -0.05) is 0 Å². The van der Waals surface area contributed by atoms with E-state index in [1.807, 2.05) is 48.3 Å². The van der Waals surface area contributed by atoms with Crippen molar-refractivity contribution in [2.24, 2.45) is 0 Å². The molecule has 1 aromatic carbocycles. The molecule has 3 aromatic rings. The summed E-state index contributed by atoms with van der Waals surface area (Å²) in [6, 6.07) is 12.2. The number of pyridine rings is 1. The van der Waals surface area contributed by atoms with E-state index in [1.54, 1.807) is 6.20 Å². The summed E-state index contributed by atoms with van der Waals surface area (Å²) in [5.41, 5.74) is 2.47. The lowest BCUT2D eigenvalue weighted by Crippen LogP contribution is -2.54. The van der Waals surface area contributed by atoms with Crippen LogP contribution in [0.1, 0.15) is 12.5 Å². The molecule has 12 nitrogen and oxygen atoms in total. The van der Waals surface area contributed by atoms with Crippen LogP contribution in [0.5, 0.6) is 0 Å². The Hall–Kier alpha value is -4.05. The third-order valence-corrected chi connectivity index (χ3v) is 8.69. The lowest BCUT2D eigenvalue weighted by molar-refractivity contribution is -0.132. The molecule has 0 N–H and O–H groups in total. The van der Waals surface area contributed by atoms with Gasteiger partial charge in [-0.05, 0) is 51.4 Å². The average molecular weight is 599 g/mol. The van der Waals surface area contributed by atoms with Crippen molar-refractivity contribution >= 4 is 34.3 Å². The minimum atomic E-state index is 0.0848. The van der Waals surface area contributed by atoms with Crippen LogP contribution in [0.4, 0.5) is 17.5 Å². The van der Waals surface area contributed by atoms with Gasteiger partial charge in [0.05, 0.1) is 29.8 Å². The monoisotopic (exact) mass is 598 g/mol. The first-order chi connectivity index (χ1) is 21.4. The number of hydrogen-bond donors (Lipinski definition) is 0. The second kappa shape index (κ2) is 13.3. The molecule has 6 rings (SSSR count). The second-order valence-electron chi connectivity index (χ2n) is 12.2. The highest BCUT2D eigenvalue weighted by Gasteiger charge is 2.30. The van der Waals surface area contributed by atoms with Crippen LogP contribution in [-0.2, 0) is 9.53 Å². The lowest BCUT2D eigenvalue weighted by atomic mass is 10.1. The van der Waals surface area contributed by atoms with Crippen molar-refractivity contribution in [2.45, 2.75) is 19.1 Å². The molecule has 44 heavy (non-hydrogen) atoms. The summed E-state index contributed by atoms with van der Waals surface area (Å²) in [4.78, 5) is 39.7. The average Bonchev–Trinajstić information content (AvgIpc) is 3.04. The summed E-state index contributed by atoms with van der Waals surface area (Å²) in [6.45, 7) is 11.5. The number of benzene rings is 1. The first-order valence-electron chi connectivity index (χ1n) is 15.5. The largest absolute Gasteiger partial charge is 0.370 e. The Kier molecular flexibility index (Phi) is 9.07. The highest BCUT2D eigenvalue weighted by atomic mass is 16.5. The number of anilines is 3. The zero-order valence-corrected chi connectivity index (χ0v) is 26.0. The van der Waals surface area contributed by atoms with Crippen LogP contribution < -0.4 is 14.7 Å². The van der Waals surface area contributed by atoms with Gasteiger partial charge >= 0.3 is 0 Å². The number of carbonyl (C=O) groups excluding carboxylic acids is 1. The van der Waals surface area contributed by atoms with Crippen LogP contribution >= 0.6 is 0 Å². The van der Waals surface area contributed by atoms with E-state index in [9.17, 15) is 10.1 Å². The molecule has 3 aliphatic heterocycles. The number of fused-ring (bicyclic) bond motifs is 1. The number of morpholine rings is 1. The normalized spacial score (nSPS) is 21.6. The van der Waals surface area contributed by atoms with Crippen LogP contribution in [0.2, 0.25) is 0 Å². The summed E-state index contributed by atoms with van der Waals surface area (Å²) in [5, 5.41) is 10.6. The first-order valence-corrected chi connectivity index (χ1v) is 15.5. The molecule has 3 fully saturated rings. The van der Waals surface area contributed by atoms with E-state index in [2.05, 4.69) is 54.7 Å². The molecule has 0 bridgehead atoms. The molecular weight excluding hydrogens is 556 g/mol. The maximum Gasteiger partial charge on any atom is 0.236 e. The predicted molar refractivity (Wildman–Crippen MR) is 171 cm³/mol. The molecule has 1 amide bonds. The maximum atomic E-state index is 12.4. The molecule has 2 atom stereocenters. The molecule has 5 heterocycles. The molecule has 0 unspecified atom stereocenters. The fourth-order valence-corrected chi connectivity index (χ4v) is 6.51. The number of amides is 1. The quantitative estimate of drug-likeness (QED) is 0.395. The number of nitriles is 1. The number of piperazine rings is 2. The minimum absolute atomic E-state index is 0.0848. The Morgan fingerprint density at radius 3 is 2.48 bits per heavy atom. The van der Waals surface area contributed by atoms with Crippen molar-refractivity contribution < 1.29 is 9.53 Å². The van der Waals surface area contributed by atoms with Gasteiger partial charge in [0.25, 0.3) is 0 Å². The van der Waals surface area contributed by atoms with Gasteiger partial charge < -0.3 is 29.2 Å². The molecular formula is C32H42N10O2. The van der Waals surface area contributed by atoms with Gasteiger partial charge in [-0.15, -0.1) is 0 Å². The molecule has 0 saturated carbocycles. The molecule has 0 spiro atoms. The molecule has 3 aliphatic rings. The van der Waals surface area contributed by atoms with Gasteiger partial charge in [-0.3, -0.25) is 14.7 Å². The zero-order chi connectivity index (χ0) is 30.6. The maximum absolute atomic E-state index is 12.4. The third-order valence-electron chi connectivity index (χ3n) is 8.69. The molecule has 232 valence electrons. The third kappa shape index (κ3) is 6.70. The molecule has 12 heteroatoms. The second-order valence-corrected chi connectivity index (χ2v) is 12.2. The number of carbonyl (C=O) groups is 1. The standard InChI is InChI=1S/C32H42N10O2/c1-24-20-42(28-7-6-25(19-33)31-27(28)5-4-9-34-31)22-26(44-24)21-38-11-13-39(14-12-38)29-8-10-35-32(36-29)41-17-15-40(16-18-41)30(43)23-37(2)3/h4-10,24,26H,11-18,20-23H2,1-3H3/t24-,26+/m0/s1. The Labute approximate surface area is 259 Å². The summed E-state index contributed by atoms with van der Waals surface area (Å²) in [5.74, 6) is 1.86. The highest BCUT2D eigenvalue weighted by molar-refractivity contribution is 5.95. The van der Waals surface area contributed by atoms with Gasteiger partial charge in [0.15, 0.2) is 0 Å². The summed E-state index contributed by atoms with van der Waals surface area (Å²) in [7, 11) is 3.84.